The minimum Gasteiger partial charge on any atom is -0.0625 e. The minimum atomic E-state index is 0.827. The van der Waals surface area contributed by atoms with Crippen molar-refractivity contribution in [3.63, 3.8) is 0 Å². The molecular formula is C15H23. The molecule has 0 aromatic heterocycles. The topological polar surface area (TPSA) is 0 Å². The lowest BCUT2D eigenvalue weighted by Crippen LogP contribution is -2.31. The molecule has 0 nitrogen and oxygen atoms in total. The third-order valence-electron chi connectivity index (χ3n) is 4.13. The van der Waals surface area contributed by atoms with E-state index in [1.165, 1.54) is 19.3 Å². The number of hydrogen-bond donors (Lipinski definition) is 0. The summed E-state index contributed by atoms with van der Waals surface area (Å²) in [5, 5.41) is 0. The van der Waals surface area contributed by atoms with E-state index >= 15 is 0 Å². The predicted octanol–water partition coefficient (Wildman–Crippen LogP) is 4.10. The van der Waals surface area contributed by atoms with Crippen LogP contribution in [-0.2, 0) is 0 Å². The average molecular weight is 203 g/mol. The van der Waals surface area contributed by atoms with Crippen LogP contribution in [0.5, 0.6) is 0 Å². The van der Waals surface area contributed by atoms with Gasteiger partial charge in [-0.05, 0) is 68.1 Å². The van der Waals surface area contributed by atoms with Crippen LogP contribution in [0, 0.1) is 55.3 Å². The summed E-state index contributed by atoms with van der Waals surface area (Å²) in [5.74, 6) is 5.07. The van der Waals surface area contributed by atoms with Crippen LogP contribution >= 0.6 is 0 Å². The van der Waals surface area contributed by atoms with Crippen molar-refractivity contribution < 1.29 is 0 Å². The second-order valence-corrected chi connectivity index (χ2v) is 5.65. The van der Waals surface area contributed by atoms with Gasteiger partial charge in [-0.1, -0.05) is 27.2 Å². The zero-order valence-electron chi connectivity index (χ0n) is 10.2. The highest BCUT2D eigenvalue weighted by Gasteiger charge is 2.37. The minimum absolute atomic E-state index is 0.827. The maximum absolute atomic E-state index is 2.41. The standard InChI is InChI=1S/C15H23/c1-11(2)15-10-12(3)8-9-14(15)13-6-4-5-7-13/h4-7,11-12,14-15H,8-10H2,1-3H3/t12-,14+,15-/m1/s1. The lowest BCUT2D eigenvalue weighted by Gasteiger charge is -2.40. The van der Waals surface area contributed by atoms with E-state index in [-0.39, 0.29) is 0 Å². The Kier molecular flexibility index (Phi) is 3.74. The van der Waals surface area contributed by atoms with Crippen LogP contribution in [0.25, 0.3) is 0 Å². The lowest BCUT2D eigenvalue weighted by molar-refractivity contribution is 0.157. The fourth-order valence-corrected chi connectivity index (χ4v) is 3.21. The summed E-state index contributed by atoms with van der Waals surface area (Å²) in [5.41, 5.74) is 0. The number of rotatable bonds is 2. The Labute approximate surface area is 95.8 Å². The Bertz CT molecular complexity index is 188. The van der Waals surface area contributed by atoms with Crippen LogP contribution in [0.2, 0.25) is 0 Å². The van der Waals surface area contributed by atoms with Gasteiger partial charge < -0.3 is 0 Å². The van der Waals surface area contributed by atoms with Crippen LogP contribution in [0.4, 0.5) is 0 Å². The molecule has 0 aromatic rings. The second-order valence-electron chi connectivity index (χ2n) is 5.65. The molecule has 0 unspecified atom stereocenters. The van der Waals surface area contributed by atoms with Gasteiger partial charge in [-0.15, -0.1) is 0 Å². The zero-order chi connectivity index (χ0) is 10.8. The molecule has 0 aromatic carbocycles. The molecule has 0 spiro atoms. The molecule has 2 saturated carbocycles. The molecule has 5 radical (unpaired) electrons. The highest BCUT2D eigenvalue weighted by atomic mass is 14.4. The van der Waals surface area contributed by atoms with E-state index in [9.17, 15) is 0 Å². The first-order valence-electron chi connectivity index (χ1n) is 6.40. The van der Waals surface area contributed by atoms with E-state index in [4.69, 9.17) is 0 Å². The molecule has 0 heterocycles. The maximum atomic E-state index is 2.41. The molecule has 2 aliphatic rings. The summed E-state index contributed by atoms with van der Waals surface area (Å²) >= 11 is 0. The van der Waals surface area contributed by atoms with Crippen molar-refractivity contribution in [3.8, 4) is 0 Å². The van der Waals surface area contributed by atoms with Crippen molar-refractivity contribution in [3.05, 3.63) is 31.6 Å². The number of hydrogen-bond acceptors (Lipinski definition) is 0. The molecule has 2 fully saturated rings. The van der Waals surface area contributed by atoms with Gasteiger partial charge >= 0.3 is 0 Å². The average Bonchev–Trinajstić information content (AvgIpc) is 2.70. The van der Waals surface area contributed by atoms with Gasteiger partial charge in [0.2, 0.25) is 0 Å². The Balaban J connectivity index is 2.00. The van der Waals surface area contributed by atoms with Crippen molar-refractivity contribution in [2.24, 2.45) is 23.7 Å². The summed E-state index contributed by atoms with van der Waals surface area (Å²) < 4.78 is 0. The van der Waals surface area contributed by atoms with Crippen molar-refractivity contribution in [1.29, 1.82) is 0 Å². The van der Waals surface area contributed by atoms with E-state index in [2.05, 4.69) is 46.5 Å². The first-order chi connectivity index (χ1) is 7.18. The van der Waals surface area contributed by atoms with Crippen LogP contribution in [0.3, 0.4) is 0 Å². The van der Waals surface area contributed by atoms with Crippen LogP contribution in [-0.4, -0.2) is 0 Å². The van der Waals surface area contributed by atoms with Gasteiger partial charge in [0.15, 0.2) is 0 Å². The normalized spacial score (nSPS) is 38.8. The summed E-state index contributed by atoms with van der Waals surface area (Å²) in [7, 11) is 0. The molecule has 2 aliphatic carbocycles. The van der Waals surface area contributed by atoms with E-state index in [0.29, 0.717) is 0 Å². The maximum Gasteiger partial charge on any atom is -0.0133 e. The van der Waals surface area contributed by atoms with Gasteiger partial charge in [-0.3, -0.25) is 0 Å². The van der Waals surface area contributed by atoms with E-state index in [0.717, 1.165) is 23.7 Å². The molecule has 0 saturated heterocycles. The zero-order valence-corrected chi connectivity index (χ0v) is 10.2. The molecule has 0 amide bonds. The molecule has 0 heteroatoms. The van der Waals surface area contributed by atoms with E-state index < -0.39 is 0 Å². The summed E-state index contributed by atoms with van der Waals surface area (Å²) in [6, 6.07) is 0. The first kappa shape index (κ1) is 11.5. The van der Waals surface area contributed by atoms with Gasteiger partial charge in [-0.25, -0.2) is 0 Å². The predicted molar refractivity (Wildman–Crippen MR) is 65.3 cm³/mol. The second kappa shape index (κ2) is 4.89. The lowest BCUT2D eigenvalue weighted by atomic mass is 9.65. The fourth-order valence-electron chi connectivity index (χ4n) is 3.21. The molecular weight excluding hydrogens is 180 g/mol. The van der Waals surface area contributed by atoms with E-state index in [1.54, 1.807) is 5.92 Å². The van der Waals surface area contributed by atoms with Gasteiger partial charge in [-0.2, -0.15) is 0 Å². The molecule has 2 rings (SSSR count). The monoisotopic (exact) mass is 203 g/mol. The molecule has 3 atom stereocenters. The molecule has 0 bridgehead atoms. The summed E-state index contributed by atoms with van der Waals surface area (Å²) in [4.78, 5) is 0. The van der Waals surface area contributed by atoms with Crippen molar-refractivity contribution in [1.82, 2.24) is 0 Å². The quantitative estimate of drug-likeness (QED) is 0.634. The summed E-state index contributed by atoms with van der Waals surface area (Å²) in [6.07, 6.45) is 13.2. The first-order valence-corrected chi connectivity index (χ1v) is 6.40. The summed E-state index contributed by atoms with van der Waals surface area (Å²) in [6.45, 7) is 7.19. The van der Waals surface area contributed by atoms with Crippen molar-refractivity contribution >= 4 is 0 Å². The highest BCUT2D eigenvalue weighted by molar-refractivity contribution is 5.37. The van der Waals surface area contributed by atoms with Crippen LogP contribution < -0.4 is 0 Å². The largest absolute Gasteiger partial charge is 0.0625 e. The third kappa shape index (κ3) is 2.57. The van der Waals surface area contributed by atoms with Gasteiger partial charge in [0.05, 0.1) is 0 Å². The SMILES string of the molecule is CC(C)[C@H]1C[C@H](C)CC[C@H]1[C]1[CH][CH][CH][CH]1. The Morgan fingerprint density at radius 1 is 1.13 bits per heavy atom. The smallest absolute Gasteiger partial charge is 0.0133 e. The molecule has 0 aliphatic heterocycles. The van der Waals surface area contributed by atoms with Crippen LogP contribution in [0.15, 0.2) is 0 Å². The van der Waals surface area contributed by atoms with Gasteiger partial charge in [0, 0.05) is 0 Å². The van der Waals surface area contributed by atoms with Crippen molar-refractivity contribution in [2.45, 2.75) is 40.0 Å². The van der Waals surface area contributed by atoms with Gasteiger partial charge in [0.1, 0.15) is 0 Å². The van der Waals surface area contributed by atoms with Crippen LogP contribution in [0.1, 0.15) is 40.0 Å². The van der Waals surface area contributed by atoms with Crippen molar-refractivity contribution in [2.75, 3.05) is 0 Å². The Morgan fingerprint density at radius 3 is 2.40 bits per heavy atom. The third-order valence-corrected chi connectivity index (χ3v) is 4.13. The highest BCUT2D eigenvalue weighted by Crippen LogP contribution is 2.46. The van der Waals surface area contributed by atoms with E-state index in [1.807, 2.05) is 0 Å². The molecule has 15 heavy (non-hydrogen) atoms. The molecule has 0 N–H and O–H groups in total. The fraction of sp³-hybridized carbons (Fsp3) is 0.667. The Hall–Kier alpha value is 0. The molecule has 83 valence electrons. The van der Waals surface area contributed by atoms with Gasteiger partial charge in [0.25, 0.3) is 0 Å². The Morgan fingerprint density at radius 2 is 1.80 bits per heavy atom.